The Balaban J connectivity index is 0.00000144. The van der Waals surface area contributed by atoms with Crippen LogP contribution >= 0.6 is 12.4 Å². The van der Waals surface area contributed by atoms with Crippen LogP contribution in [0.4, 0.5) is 0 Å². The molecule has 2 fully saturated rings. The second kappa shape index (κ2) is 7.22. The molecule has 0 radical (unpaired) electrons. The van der Waals surface area contributed by atoms with Crippen molar-refractivity contribution in [2.75, 3.05) is 13.1 Å². The maximum Gasteiger partial charge on any atom is 0.220 e. The second-order valence-electron chi connectivity index (χ2n) is 5.58. The molecule has 0 aromatic rings. The van der Waals surface area contributed by atoms with Gasteiger partial charge in [0.05, 0.1) is 0 Å². The SMILES string of the molecule is CC1CCC(CC(=O)NC2CCNCC2)C1.Cl. The van der Waals surface area contributed by atoms with E-state index in [0.29, 0.717) is 12.0 Å². The van der Waals surface area contributed by atoms with Crippen LogP contribution in [0.15, 0.2) is 0 Å². The molecule has 17 heavy (non-hydrogen) atoms. The van der Waals surface area contributed by atoms with Crippen LogP contribution in [0.2, 0.25) is 0 Å². The quantitative estimate of drug-likeness (QED) is 0.816. The lowest BCUT2D eigenvalue weighted by Crippen LogP contribution is -2.43. The van der Waals surface area contributed by atoms with Gasteiger partial charge in [0, 0.05) is 12.5 Å². The van der Waals surface area contributed by atoms with Gasteiger partial charge in [-0.05, 0) is 50.6 Å². The van der Waals surface area contributed by atoms with Crippen LogP contribution in [0.3, 0.4) is 0 Å². The minimum Gasteiger partial charge on any atom is -0.353 e. The van der Waals surface area contributed by atoms with E-state index in [2.05, 4.69) is 17.6 Å². The third-order valence-corrected chi connectivity index (χ3v) is 3.98. The van der Waals surface area contributed by atoms with Gasteiger partial charge in [-0.15, -0.1) is 12.4 Å². The van der Waals surface area contributed by atoms with E-state index in [1.165, 1.54) is 19.3 Å². The first kappa shape index (κ1) is 14.8. The van der Waals surface area contributed by atoms with E-state index in [4.69, 9.17) is 0 Å². The molecule has 1 amide bonds. The number of hydrogen-bond acceptors (Lipinski definition) is 2. The van der Waals surface area contributed by atoms with Gasteiger partial charge >= 0.3 is 0 Å². The van der Waals surface area contributed by atoms with Gasteiger partial charge in [-0.25, -0.2) is 0 Å². The number of carbonyl (C=O) groups excluding carboxylic acids is 1. The maximum absolute atomic E-state index is 11.8. The minimum absolute atomic E-state index is 0. The maximum atomic E-state index is 11.8. The molecule has 1 heterocycles. The molecule has 1 aliphatic carbocycles. The Morgan fingerprint density at radius 2 is 1.94 bits per heavy atom. The van der Waals surface area contributed by atoms with Crippen molar-refractivity contribution in [2.24, 2.45) is 11.8 Å². The van der Waals surface area contributed by atoms with Crippen LogP contribution in [0.5, 0.6) is 0 Å². The fourth-order valence-corrected chi connectivity index (χ4v) is 3.03. The lowest BCUT2D eigenvalue weighted by molar-refractivity contribution is -0.122. The van der Waals surface area contributed by atoms with Crippen molar-refractivity contribution in [3.05, 3.63) is 0 Å². The molecule has 0 aromatic heterocycles. The molecule has 2 N–H and O–H groups in total. The van der Waals surface area contributed by atoms with Crippen molar-refractivity contribution in [3.8, 4) is 0 Å². The van der Waals surface area contributed by atoms with E-state index in [1.54, 1.807) is 0 Å². The molecular weight excluding hydrogens is 236 g/mol. The first-order valence-corrected chi connectivity index (χ1v) is 6.74. The summed E-state index contributed by atoms with van der Waals surface area (Å²) in [5, 5.41) is 6.50. The van der Waals surface area contributed by atoms with Gasteiger partial charge < -0.3 is 10.6 Å². The van der Waals surface area contributed by atoms with Crippen LogP contribution in [0.25, 0.3) is 0 Å². The van der Waals surface area contributed by atoms with Crippen LogP contribution in [0, 0.1) is 11.8 Å². The Morgan fingerprint density at radius 1 is 1.24 bits per heavy atom. The molecule has 2 unspecified atom stereocenters. The molecule has 3 nitrogen and oxygen atoms in total. The van der Waals surface area contributed by atoms with E-state index in [-0.39, 0.29) is 18.3 Å². The molecule has 0 spiro atoms. The molecule has 1 saturated heterocycles. The van der Waals surface area contributed by atoms with Crippen LogP contribution in [-0.2, 0) is 4.79 Å². The molecule has 2 atom stereocenters. The normalized spacial score (nSPS) is 29.7. The molecule has 2 rings (SSSR count). The molecule has 2 aliphatic rings. The first-order chi connectivity index (χ1) is 7.74. The lowest BCUT2D eigenvalue weighted by atomic mass is 10.0. The Labute approximate surface area is 111 Å². The summed E-state index contributed by atoms with van der Waals surface area (Å²) in [4.78, 5) is 11.8. The van der Waals surface area contributed by atoms with Gasteiger partial charge in [-0.2, -0.15) is 0 Å². The Hall–Kier alpha value is -0.280. The molecule has 100 valence electrons. The van der Waals surface area contributed by atoms with Crippen molar-refractivity contribution in [1.29, 1.82) is 0 Å². The zero-order valence-corrected chi connectivity index (χ0v) is 11.5. The predicted octanol–water partition coefficient (Wildman–Crippen LogP) is 2.10. The number of piperidine rings is 1. The van der Waals surface area contributed by atoms with Crippen LogP contribution < -0.4 is 10.6 Å². The lowest BCUT2D eigenvalue weighted by Gasteiger charge is -2.24. The first-order valence-electron chi connectivity index (χ1n) is 6.74. The van der Waals surface area contributed by atoms with Gasteiger partial charge in [0.15, 0.2) is 0 Å². The van der Waals surface area contributed by atoms with Crippen molar-refractivity contribution in [2.45, 2.75) is 51.5 Å². The van der Waals surface area contributed by atoms with Crippen molar-refractivity contribution < 1.29 is 4.79 Å². The van der Waals surface area contributed by atoms with Crippen molar-refractivity contribution in [1.82, 2.24) is 10.6 Å². The second-order valence-corrected chi connectivity index (χ2v) is 5.58. The molecule has 4 heteroatoms. The van der Waals surface area contributed by atoms with Gasteiger partial charge in [0.2, 0.25) is 5.91 Å². The van der Waals surface area contributed by atoms with E-state index in [1.807, 2.05) is 0 Å². The summed E-state index contributed by atoms with van der Waals surface area (Å²) >= 11 is 0. The number of halogens is 1. The Bertz CT molecular complexity index is 233. The fraction of sp³-hybridized carbons (Fsp3) is 0.923. The third-order valence-electron chi connectivity index (χ3n) is 3.98. The zero-order chi connectivity index (χ0) is 11.4. The summed E-state index contributed by atoms with van der Waals surface area (Å²) in [7, 11) is 0. The number of nitrogens with one attached hydrogen (secondary N) is 2. The average Bonchev–Trinajstić information content (AvgIpc) is 2.65. The predicted molar refractivity (Wildman–Crippen MR) is 72.4 cm³/mol. The molecular formula is C13H25ClN2O. The molecule has 0 bridgehead atoms. The van der Waals surface area contributed by atoms with Crippen LogP contribution in [0.1, 0.15) is 45.4 Å². The molecule has 1 saturated carbocycles. The molecule has 1 aliphatic heterocycles. The Morgan fingerprint density at radius 3 is 2.53 bits per heavy atom. The summed E-state index contributed by atoms with van der Waals surface area (Å²) in [5.74, 6) is 1.76. The topological polar surface area (TPSA) is 41.1 Å². The summed E-state index contributed by atoms with van der Waals surface area (Å²) in [6, 6.07) is 0.424. The average molecular weight is 261 g/mol. The van der Waals surface area contributed by atoms with Crippen LogP contribution in [-0.4, -0.2) is 25.0 Å². The highest BCUT2D eigenvalue weighted by Gasteiger charge is 2.24. The number of rotatable bonds is 3. The smallest absolute Gasteiger partial charge is 0.220 e. The highest BCUT2D eigenvalue weighted by Crippen LogP contribution is 2.32. The minimum atomic E-state index is 0. The highest BCUT2D eigenvalue weighted by molar-refractivity contribution is 5.85. The standard InChI is InChI=1S/C13H24N2O.ClH/c1-10-2-3-11(8-10)9-13(16)15-12-4-6-14-7-5-12;/h10-12,14H,2-9H2,1H3,(H,15,16);1H. The van der Waals surface area contributed by atoms with Crippen molar-refractivity contribution >= 4 is 18.3 Å². The monoisotopic (exact) mass is 260 g/mol. The van der Waals surface area contributed by atoms with E-state index < -0.39 is 0 Å². The number of carbonyl (C=O) groups is 1. The summed E-state index contributed by atoms with van der Waals surface area (Å²) < 4.78 is 0. The van der Waals surface area contributed by atoms with Crippen molar-refractivity contribution in [3.63, 3.8) is 0 Å². The number of hydrogen-bond donors (Lipinski definition) is 2. The number of amides is 1. The van der Waals surface area contributed by atoms with E-state index in [0.717, 1.165) is 38.3 Å². The summed E-state index contributed by atoms with van der Waals surface area (Å²) in [6.07, 6.45) is 6.75. The van der Waals surface area contributed by atoms with Gasteiger partial charge in [-0.1, -0.05) is 13.3 Å². The molecule has 0 aromatic carbocycles. The van der Waals surface area contributed by atoms with Gasteiger partial charge in [-0.3, -0.25) is 4.79 Å². The Kier molecular flexibility index (Phi) is 6.28. The largest absolute Gasteiger partial charge is 0.353 e. The summed E-state index contributed by atoms with van der Waals surface area (Å²) in [6.45, 7) is 4.39. The third kappa shape index (κ3) is 4.84. The zero-order valence-electron chi connectivity index (χ0n) is 10.7. The fourth-order valence-electron chi connectivity index (χ4n) is 3.03. The summed E-state index contributed by atoms with van der Waals surface area (Å²) in [5.41, 5.74) is 0. The van der Waals surface area contributed by atoms with E-state index in [9.17, 15) is 4.79 Å². The van der Waals surface area contributed by atoms with Gasteiger partial charge in [0.1, 0.15) is 0 Å². The highest BCUT2D eigenvalue weighted by atomic mass is 35.5. The van der Waals surface area contributed by atoms with Gasteiger partial charge in [0.25, 0.3) is 0 Å². The van der Waals surface area contributed by atoms with E-state index >= 15 is 0 Å².